The van der Waals surface area contributed by atoms with Crippen LogP contribution in [0.1, 0.15) is 10.4 Å². The minimum atomic E-state index is -0.432. The summed E-state index contributed by atoms with van der Waals surface area (Å²) in [5, 5.41) is 0.649. The lowest BCUT2D eigenvalue weighted by atomic mass is 10.1. The van der Waals surface area contributed by atoms with Crippen molar-refractivity contribution in [2.24, 2.45) is 0 Å². The number of fused-ring (bicyclic) bond motifs is 1. The summed E-state index contributed by atoms with van der Waals surface area (Å²) in [6.45, 7) is -0.327. The van der Waals surface area contributed by atoms with Gasteiger partial charge < -0.3 is 13.6 Å². The van der Waals surface area contributed by atoms with Crippen LogP contribution in [0.3, 0.4) is 0 Å². The van der Waals surface area contributed by atoms with Crippen molar-refractivity contribution < 1.29 is 18.4 Å². The molecule has 0 aliphatic heterocycles. The van der Waals surface area contributed by atoms with Crippen molar-refractivity contribution in [1.82, 2.24) is 0 Å². The average molecular weight is 460 g/mol. The Hall–Kier alpha value is -2.83. The van der Waals surface area contributed by atoms with E-state index in [4.69, 9.17) is 25.2 Å². The summed E-state index contributed by atoms with van der Waals surface area (Å²) in [6, 6.07) is 14.9. The highest BCUT2D eigenvalue weighted by atomic mass is 79.9. The zero-order valence-electron chi connectivity index (χ0n) is 14.3. The van der Waals surface area contributed by atoms with Crippen LogP contribution in [-0.2, 0) is 0 Å². The van der Waals surface area contributed by atoms with Crippen LogP contribution >= 0.6 is 27.5 Å². The van der Waals surface area contributed by atoms with Crippen LogP contribution in [0.5, 0.6) is 5.75 Å². The Labute approximate surface area is 172 Å². The lowest BCUT2D eigenvalue weighted by molar-refractivity contribution is 0.0920. The van der Waals surface area contributed by atoms with Crippen LogP contribution in [-0.4, -0.2) is 12.4 Å². The monoisotopic (exact) mass is 458 g/mol. The van der Waals surface area contributed by atoms with Crippen molar-refractivity contribution in [3.05, 3.63) is 86.1 Å². The molecule has 0 N–H and O–H groups in total. The first kappa shape index (κ1) is 18.5. The molecule has 7 heteroatoms. The molecule has 2 aromatic carbocycles. The Morgan fingerprint density at radius 2 is 1.89 bits per heavy atom. The Kier molecular flexibility index (Phi) is 5.07. The van der Waals surface area contributed by atoms with Gasteiger partial charge in [-0.25, -0.2) is 0 Å². The highest BCUT2D eigenvalue weighted by Crippen LogP contribution is 2.32. The molecule has 0 radical (unpaired) electrons. The van der Waals surface area contributed by atoms with Crippen molar-refractivity contribution in [3.63, 3.8) is 0 Å². The van der Waals surface area contributed by atoms with Gasteiger partial charge in [0.1, 0.15) is 5.58 Å². The van der Waals surface area contributed by atoms with Gasteiger partial charge in [-0.3, -0.25) is 9.59 Å². The minimum absolute atomic E-state index is 0.102. The van der Waals surface area contributed by atoms with Crippen molar-refractivity contribution in [2.45, 2.75) is 0 Å². The van der Waals surface area contributed by atoms with E-state index in [0.717, 1.165) is 4.47 Å². The van der Waals surface area contributed by atoms with Crippen molar-refractivity contribution >= 4 is 44.3 Å². The number of carbonyl (C=O) groups is 1. The second-order valence-electron chi connectivity index (χ2n) is 5.93. The van der Waals surface area contributed by atoms with E-state index in [1.807, 2.05) is 0 Å². The third-order valence-electron chi connectivity index (χ3n) is 4.07. The topological polar surface area (TPSA) is 69.7 Å². The predicted octanol–water partition coefficient (Wildman–Crippen LogP) is 5.73. The maximum atomic E-state index is 13.0. The summed E-state index contributed by atoms with van der Waals surface area (Å²) in [4.78, 5) is 25.4. The molecule has 0 saturated carbocycles. The molecule has 0 unspecified atom stereocenters. The van der Waals surface area contributed by atoms with Gasteiger partial charge in [0.15, 0.2) is 18.2 Å². The number of ether oxygens (including phenoxy) is 1. The molecule has 0 atom stereocenters. The van der Waals surface area contributed by atoms with E-state index in [1.54, 1.807) is 48.5 Å². The van der Waals surface area contributed by atoms with E-state index < -0.39 is 5.43 Å². The summed E-state index contributed by atoms with van der Waals surface area (Å²) in [6.07, 6.45) is 1.46. The van der Waals surface area contributed by atoms with Crippen molar-refractivity contribution in [2.75, 3.05) is 6.61 Å². The highest BCUT2D eigenvalue weighted by molar-refractivity contribution is 9.10. The fraction of sp³-hybridized carbons (Fsp3) is 0.0476. The fourth-order valence-electron chi connectivity index (χ4n) is 2.71. The number of hydrogen-bond acceptors (Lipinski definition) is 5. The molecule has 2 aromatic heterocycles. The standard InChI is InChI=1S/C21H12BrClO5/c22-13-5-3-12(4-6-13)16(24)11-27-21-19(25)15-10-14(23)7-8-17(15)28-20(21)18-2-1-9-26-18/h1-10H,11H2. The fourth-order valence-corrected chi connectivity index (χ4v) is 3.14. The number of benzene rings is 2. The van der Waals surface area contributed by atoms with E-state index in [2.05, 4.69) is 15.9 Å². The van der Waals surface area contributed by atoms with E-state index >= 15 is 0 Å². The summed E-state index contributed by atoms with van der Waals surface area (Å²) in [7, 11) is 0. The number of Topliss-reactive ketones (excluding diaryl/α,β-unsaturated/α-hetero) is 1. The maximum Gasteiger partial charge on any atom is 0.235 e. The van der Waals surface area contributed by atoms with Crippen molar-refractivity contribution in [3.8, 4) is 17.3 Å². The molecule has 0 fully saturated rings. The summed E-state index contributed by atoms with van der Waals surface area (Å²) >= 11 is 9.33. The van der Waals surface area contributed by atoms with Gasteiger partial charge in [0.05, 0.1) is 11.6 Å². The second-order valence-corrected chi connectivity index (χ2v) is 7.28. The Morgan fingerprint density at radius 1 is 1.11 bits per heavy atom. The van der Waals surface area contributed by atoms with Crippen LogP contribution < -0.4 is 10.2 Å². The third-order valence-corrected chi connectivity index (χ3v) is 4.83. The molecule has 28 heavy (non-hydrogen) atoms. The SMILES string of the molecule is O=C(COc1c(-c2ccco2)oc2ccc(Cl)cc2c1=O)c1ccc(Br)cc1. The van der Waals surface area contributed by atoms with E-state index in [1.165, 1.54) is 12.3 Å². The first-order chi connectivity index (χ1) is 13.5. The van der Waals surface area contributed by atoms with E-state index in [-0.39, 0.29) is 29.3 Å². The quantitative estimate of drug-likeness (QED) is 0.356. The molecule has 0 aliphatic carbocycles. The molecular weight excluding hydrogens is 448 g/mol. The van der Waals surface area contributed by atoms with Gasteiger partial charge >= 0.3 is 0 Å². The molecule has 0 bridgehead atoms. The van der Waals surface area contributed by atoms with Gasteiger partial charge in [0, 0.05) is 15.1 Å². The first-order valence-electron chi connectivity index (χ1n) is 8.25. The average Bonchev–Trinajstić information content (AvgIpc) is 3.22. The number of furan rings is 1. The van der Waals surface area contributed by atoms with Gasteiger partial charge in [0.25, 0.3) is 0 Å². The Bertz CT molecular complexity index is 1210. The second kappa shape index (κ2) is 7.66. The lowest BCUT2D eigenvalue weighted by Gasteiger charge is -2.10. The summed E-state index contributed by atoms with van der Waals surface area (Å²) in [5.41, 5.74) is 0.377. The summed E-state index contributed by atoms with van der Waals surface area (Å²) in [5.74, 6) is 0.0622. The number of halogens is 2. The molecular formula is C21H12BrClO5. The van der Waals surface area contributed by atoms with Gasteiger partial charge in [-0.15, -0.1) is 0 Å². The molecule has 0 aliphatic rings. The van der Waals surface area contributed by atoms with Crippen LogP contribution in [0.25, 0.3) is 22.5 Å². The lowest BCUT2D eigenvalue weighted by Crippen LogP contribution is -2.17. The van der Waals surface area contributed by atoms with E-state index in [9.17, 15) is 9.59 Å². The van der Waals surface area contributed by atoms with Gasteiger partial charge in [0.2, 0.25) is 16.9 Å². The zero-order chi connectivity index (χ0) is 19.7. The Morgan fingerprint density at radius 3 is 2.61 bits per heavy atom. The van der Waals surface area contributed by atoms with Gasteiger partial charge in [-0.05, 0) is 42.5 Å². The molecule has 0 amide bonds. The Balaban J connectivity index is 1.75. The molecule has 4 aromatic rings. The first-order valence-corrected chi connectivity index (χ1v) is 9.42. The number of hydrogen-bond donors (Lipinski definition) is 0. The predicted molar refractivity (Wildman–Crippen MR) is 109 cm³/mol. The van der Waals surface area contributed by atoms with Crippen LogP contribution in [0.2, 0.25) is 5.02 Å². The van der Waals surface area contributed by atoms with Crippen LogP contribution in [0, 0.1) is 0 Å². The number of rotatable bonds is 5. The molecule has 5 nitrogen and oxygen atoms in total. The van der Waals surface area contributed by atoms with Gasteiger partial charge in [-0.1, -0.05) is 39.7 Å². The molecule has 2 heterocycles. The third kappa shape index (κ3) is 3.61. The van der Waals surface area contributed by atoms with Gasteiger partial charge in [-0.2, -0.15) is 0 Å². The molecule has 4 rings (SSSR count). The van der Waals surface area contributed by atoms with Crippen LogP contribution in [0.15, 0.2) is 79.0 Å². The van der Waals surface area contributed by atoms with Crippen LogP contribution in [0.4, 0.5) is 0 Å². The number of ketones is 1. The highest BCUT2D eigenvalue weighted by Gasteiger charge is 2.21. The zero-order valence-corrected chi connectivity index (χ0v) is 16.6. The molecule has 0 saturated heterocycles. The minimum Gasteiger partial charge on any atom is -0.478 e. The summed E-state index contributed by atoms with van der Waals surface area (Å²) < 4.78 is 17.7. The normalized spacial score (nSPS) is 10.9. The number of carbonyl (C=O) groups excluding carboxylic acids is 1. The largest absolute Gasteiger partial charge is 0.478 e. The van der Waals surface area contributed by atoms with Crippen molar-refractivity contribution in [1.29, 1.82) is 0 Å². The van der Waals surface area contributed by atoms with E-state index in [0.29, 0.717) is 21.9 Å². The maximum absolute atomic E-state index is 13.0. The molecule has 0 spiro atoms. The smallest absolute Gasteiger partial charge is 0.235 e. The molecule has 140 valence electrons.